The average molecular weight is 301 g/mol. The Bertz CT molecular complexity index is 673. The van der Waals surface area contributed by atoms with Crippen LogP contribution in [0.1, 0.15) is 10.7 Å². The van der Waals surface area contributed by atoms with E-state index in [-0.39, 0.29) is 0 Å². The fourth-order valence-corrected chi connectivity index (χ4v) is 3.41. The number of nitrogens with zero attached hydrogens (tertiary/aromatic N) is 2. The van der Waals surface area contributed by atoms with Gasteiger partial charge in [-0.05, 0) is 12.5 Å². The molecule has 0 fully saturated rings. The number of hydrogen-bond donors (Lipinski definition) is 1. The maximum absolute atomic E-state index is 4.46. The zero-order valence-corrected chi connectivity index (χ0v) is 12.8. The number of benzene rings is 1. The summed E-state index contributed by atoms with van der Waals surface area (Å²) in [4.78, 5) is 10.1. The van der Waals surface area contributed by atoms with Gasteiger partial charge in [0.1, 0.15) is 0 Å². The van der Waals surface area contributed by atoms with Crippen molar-refractivity contribution >= 4 is 27.8 Å². The zero-order chi connectivity index (χ0) is 13.8. The van der Waals surface area contributed by atoms with Crippen LogP contribution < -0.4 is 5.32 Å². The van der Waals surface area contributed by atoms with Crippen molar-refractivity contribution in [2.75, 3.05) is 11.9 Å². The fourth-order valence-electron chi connectivity index (χ4n) is 1.91. The van der Waals surface area contributed by atoms with Gasteiger partial charge in [-0.1, -0.05) is 41.7 Å². The molecular formula is C15H15N3S2. The van der Waals surface area contributed by atoms with Gasteiger partial charge in [-0.3, -0.25) is 0 Å². The molecule has 3 rings (SSSR count). The number of thiazole rings is 2. The Morgan fingerprint density at radius 3 is 2.80 bits per heavy atom. The van der Waals surface area contributed by atoms with E-state index < -0.39 is 0 Å². The second kappa shape index (κ2) is 6.15. The van der Waals surface area contributed by atoms with Crippen LogP contribution >= 0.6 is 22.7 Å². The lowest BCUT2D eigenvalue weighted by Crippen LogP contribution is -2.04. The number of aryl methyl sites for hydroxylation is 1. The molecule has 2 heterocycles. The first-order valence-corrected chi connectivity index (χ1v) is 8.17. The highest BCUT2D eigenvalue weighted by atomic mass is 32.1. The van der Waals surface area contributed by atoms with Crippen LogP contribution in [0.5, 0.6) is 0 Å². The standard InChI is InChI=1S/C15H15N3S2/c1-11-18-13(10-19-11)7-8-16-15-17-9-14(20-15)12-5-3-2-4-6-12/h2-6,9-10H,7-8H2,1H3,(H,16,17). The lowest BCUT2D eigenvalue weighted by Gasteiger charge is -1.99. The van der Waals surface area contributed by atoms with E-state index in [9.17, 15) is 0 Å². The summed E-state index contributed by atoms with van der Waals surface area (Å²) in [7, 11) is 0. The van der Waals surface area contributed by atoms with Crippen molar-refractivity contribution in [1.82, 2.24) is 9.97 Å². The van der Waals surface area contributed by atoms with Crippen LogP contribution in [0.15, 0.2) is 41.9 Å². The third kappa shape index (κ3) is 3.23. The Kier molecular flexibility index (Phi) is 4.08. The minimum atomic E-state index is 0.866. The number of anilines is 1. The summed E-state index contributed by atoms with van der Waals surface area (Å²) in [5, 5.41) is 7.58. The maximum atomic E-state index is 4.46. The molecule has 0 aliphatic heterocycles. The molecule has 1 N–H and O–H groups in total. The molecule has 3 aromatic rings. The largest absolute Gasteiger partial charge is 0.361 e. The Balaban J connectivity index is 1.58. The van der Waals surface area contributed by atoms with Crippen LogP contribution in [-0.2, 0) is 6.42 Å². The Morgan fingerprint density at radius 1 is 1.20 bits per heavy atom. The van der Waals surface area contributed by atoms with Crippen molar-refractivity contribution in [2.24, 2.45) is 0 Å². The minimum absolute atomic E-state index is 0.866. The second-order valence-electron chi connectivity index (χ2n) is 4.43. The molecule has 5 heteroatoms. The minimum Gasteiger partial charge on any atom is -0.361 e. The quantitative estimate of drug-likeness (QED) is 0.766. The van der Waals surface area contributed by atoms with E-state index in [4.69, 9.17) is 0 Å². The van der Waals surface area contributed by atoms with Gasteiger partial charge in [0.2, 0.25) is 0 Å². The van der Waals surface area contributed by atoms with Crippen LogP contribution in [0.25, 0.3) is 10.4 Å². The highest BCUT2D eigenvalue weighted by molar-refractivity contribution is 7.18. The number of rotatable bonds is 5. The monoisotopic (exact) mass is 301 g/mol. The Morgan fingerprint density at radius 2 is 2.05 bits per heavy atom. The lowest BCUT2D eigenvalue weighted by molar-refractivity contribution is 0.966. The van der Waals surface area contributed by atoms with Crippen LogP contribution in [0.2, 0.25) is 0 Å². The van der Waals surface area contributed by atoms with Crippen molar-refractivity contribution in [3.05, 3.63) is 52.6 Å². The highest BCUT2D eigenvalue weighted by Crippen LogP contribution is 2.28. The predicted octanol–water partition coefficient (Wildman–Crippen LogP) is 4.23. The smallest absolute Gasteiger partial charge is 0.183 e. The summed E-state index contributed by atoms with van der Waals surface area (Å²) in [6, 6.07) is 10.3. The van der Waals surface area contributed by atoms with Crippen LogP contribution in [0.4, 0.5) is 5.13 Å². The Labute approximate surface area is 126 Å². The molecule has 102 valence electrons. The first-order valence-electron chi connectivity index (χ1n) is 6.47. The van der Waals surface area contributed by atoms with E-state index in [1.165, 1.54) is 10.4 Å². The molecule has 2 aromatic heterocycles. The molecule has 0 bridgehead atoms. The van der Waals surface area contributed by atoms with E-state index in [1.54, 1.807) is 22.7 Å². The molecule has 0 spiro atoms. The summed E-state index contributed by atoms with van der Waals surface area (Å²) in [5.74, 6) is 0. The first kappa shape index (κ1) is 13.3. The SMILES string of the molecule is Cc1nc(CCNc2ncc(-c3ccccc3)s2)cs1. The van der Waals surface area contributed by atoms with Gasteiger partial charge in [0.25, 0.3) is 0 Å². The van der Waals surface area contributed by atoms with Gasteiger partial charge < -0.3 is 5.32 Å². The van der Waals surface area contributed by atoms with Gasteiger partial charge in [0.15, 0.2) is 5.13 Å². The van der Waals surface area contributed by atoms with Gasteiger partial charge in [0.05, 0.1) is 15.6 Å². The van der Waals surface area contributed by atoms with Crippen molar-refractivity contribution < 1.29 is 0 Å². The summed E-state index contributed by atoms with van der Waals surface area (Å²) in [5.41, 5.74) is 2.37. The molecule has 0 unspecified atom stereocenters. The molecule has 3 nitrogen and oxygen atoms in total. The predicted molar refractivity (Wildman–Crippen MR) is 86.6 cm³/mol. The molecular weight excluding hydrogens is 286 g/mol. The van der Waals surface area contributed by atoms with E-state index in [1.807, 2.05) is 31.3 Å². The van der Waals surface area contributed by atoms with Crippen LogP contribution in [-0.4, -0.2) is 16.5 Å². The molecule has 0 saturated heterocycles. The van der Waals surface area contributed by atoms with Crippen LogP contribution in [0.3, 0.4) is 0 Å². The van der Waals surface area contributed by atoms with Gasteiger partial charge in [0, 0.05) is 24.5 Å². The maximum Gasteiger partial charge on any atom is 0.183 e. The van der Waals surface area contributed by atoms with E-state index >= 15 is 0 Å². The highest BCUT2D eigenvalue weighted by Gasteiger charge is 2.04. The topological polar surface area (TPSA) is 37.8 Å². The molecule has 20 heavy (non-hydrogen) atoms. The molecule has 0 radical (unpaired) electrons. The number of aromatic nitrogens is 2. The average Bonchev–Trinajstić information content (AvgIpc) is 3.09. The number of hydrogen-bond acceptors (Lipinski definition) is 5. The summed E-state index contributed by atoms with van der Waals surface area (Å²) >= 11 is 3.39. The second-order valence-corrected chi connectivity index (χ2v) is 6.52. The first-order chi connectivity index (χ1) is 9.81. The van der Waals surface area contributed by atoms with Gasteiger partial charge in [-0.15, -0.1) is 11.3 Å². The molecule has 0 aliphatic carbocycles. The number of nitrogens with one attached hydrogen (secondary N) is 1. The molecule has 1 aromatic carbocycles. The van der Waals surface area contributed by atoms with Crippen molar-refractivity contribution in [1.29, 1.82) is 0 Å². The van der Waals surface area contributed by atoms with E-state index in [0.29, 0.717) is 0 Å². The summed E-state index contributed by atoms with van der Waals surface area (Å²) < 4.78 is 0. The molecule has 0 saturated carbocycles. The summed E-state index contributed by atoms with van der Waals surface area (Å²) in [6.45, 7) is 2.90. The lowest BCUT2D eigenvalue weighted by atomic mass is 10.2. The van der Waals surface area contributed by atoms with Crippen LogP contribution in [0, 0.1) is 6.92 Å². The van der Waals surface area contributed by atoms with Gasteiger partial charge in [-0.2, -0.15) is 0 Å². The van der Waals surface area contributed by atoms with Crippen molar-refractivity contribution in [3.8, 4) is 10.4 Å². The van der Waals surface area contributed by atoms with Crippen molar-refractivity contribution in [2.45, 2.75) is 13.3 Å². The third-order valence-electron chi connectivity index (χ3n) is 2.89. The third-order valence-corrected chi connectivity index (χ3v) is 4.71. The van der Waals surface area contributed by atoms with E-state index in [0.717, 1.165) is 28.8 Å². The summed E-state index contributed by atoms with van der Waals surface area (Å²) in [6.07, 6.45) is 2.86. The zero-order valence-electron chi connectivity index (χ0n) is 11.2. The molecule has 0 amide bonds. The molecule has 0 atom stereocenters. The Hall–Kier alpha value is -1.72. The fraction of sp³-hybridized carbons (Fsp3) is 0.200. The van der Waals surface area contributed by atoms with Crippen molar-refractivity contribution in [3.63, 3.8) is 0 Å². The van der Waals surface area contributed by atoms with Gasteiger partial charge in [-0.25, -0.2) is 9.97 Å². The van der Waals surface area contributed by atoms with E-state index in [2.05, 4.69) is 32.8 Å². The normalized spacial score (nSPS) is 10.7. The molecule has 0 aliphatic rings. The van der Waals surface area contributed by atoms with Gasteiger partial charge >= 0.3 is 0 Å².